The molecule has 8 nitrogen and oxygen atoms in total. The van der Waals surface area contributed by atoms with Gasteiger partial charge in [0.15, 0.2) is 29.4 Å². The van der Waals surface area contributed by atoms with E-state index in [9.17, 15) is 14.6 Å². The van der Waals surface area contributed by atoms with Crippen LogP contribution in [0.5, 0.6) is 0 Å². The highest BCUT2D eigenvalue weighted by Gasteiger charge is 2.46. The monoisotopic (exact) mass is 345 g/mol. The Labute approximate surface area is 141 Å². The summed E-state index contributed by atoms with van der Waals surface area (Å²) in [6.07, 6.45) is -4.17. The SMILES string of the molecule is Nc1ncnc2c1nc(-c1ccccc1)n2C1OC(CO)C(O)C1F. The number of rotatable bonds is 3. The quantitative estimate of drug-likeness (QED) is 0.638. The number of hydrogen-bond acceptors (Lipinski definition) is 7. The van der Waals surface area contributed by atoms with Gasteiger partial charge in [-0.2, -0.15) is 0 Å². The summed E-state index contributed by atoms with van der Waals surface area (Å²) in [6.45, 7) is -0.498. The number of nitrogen functional groups attached to an aromatic ring is 1. The predicted octanol–water partition coefficient (Wildman–Crippen LogP) is 0.664. The molecule has 25 heavy (non-hydrogen) atoms. The number of alkyl halides is 1. The first-order chi connectivity index (χ1) is 12.1. The Bertz CT molecular complexity index is 903. The van der Waals surface area contributed by atoms with Gasteiger partial charge in [0.05, 0.1) is 6.61 Å². The Morgan fingerprint density at radius 3 is 2.68 bits per heavy atom. The third-order valence-corrected chi connectivity index (χ3v) is 4.27. The number of anilines is 1. The van der Waals surface area contributed by atoms with Crippen molar-refractivity contribution >= 4 is 17.0 Å². The minimum absolute atomic E-state index is 0.161. The zero-order chi connectivity index (χ0) is 17.6. The zero-order valence-corrected chi connectivity index (χ0v) is 13.0. The molecule has 1 saturated heterocycles. The molecule has 0 radical (unpaired) electrons. The highest BCUT2D eigenvalue weighted by Crippen LogP contribution is 2.37. The fourth-order valence-electron chi connectivity index (χ4n) is 3.02. The van der Waals surface area contributed by atoms with Gasteiger partial charge in [-0.25, -0.2) is 19.3 Å². The third kappa shape index (κ3) is 2.44. The van der Waals surface area contributed by atoms with Gasteiger partial charge in [0, 0.05) is 5.56 Å². The standard InChI is InChI=1S/C16H16FN5O3/c17-10-12(24)9(6-23)25-16(10)22-14(8-4-2-1-3-5-8)21-11-13(18)19-7-20-15(11)22/h1-5,7,9-10,12,16,23-24H,6H2,(H2,18,19,20). The van der Waals surface area contributed by atoms with Crippen molar-refractivity contribution in [2.24, 2.45) is 0 Å². The Kier molecular flexibility index (Phi) is 3.83. The number of nitrogens with zero attached hydrogens (tertiary/aromatic N) is 4. The maximum Gasteiger partial charge on any atom is 0.173 e. The molecule has 0 amide bonds. The summed E-state index contributed by atoms with van der Waals surface area (Å²) in [7, 11) is 0. The average molecular weight is 345 g/mol. The van der Waals surface area contributed by atoms with E-state index in [1.807, 2.05) is 30.3 Å². The topological polar surface area (TPSA) is 119 Å². The van der Waals surface area contributed by atoms with Crippen molar-refractivity contribution in [1.29, 1.82) is 0 Å². The summed E-state index contributed by atoms with van der Waals surface area (Å²) < 4.78 is 21.7. The van der Waals surface area contributed by atoms with E-state index in [4.69, 9.17) is 10.5 Å². The van der Waals surface area contributed by atoms with Gasteiger partial charge in [-0.3, -0.25) is 4.57 Å². The number of nitrogens with two attached hydrogens (primary N) is 1. The first-order valence-electron chi connectivity index (χ1n) is 7.74. The average Bonchev–Trinajstić information content (AvgIpc) is 3.15. The lowest BCUT2D eigenvalue weighted by atomic mass is 10.1. The van der Waals surface area contributed by atoms with Crippen molar-refractivity contribution in [2.75, 3.05) is 12.3 Å². The second-order valence-electron chi connectivity index (χ2n) is 5.79. The Morgan fingerprint density at radius 2 is 2.00 bits per heavy atom. The van der Waals surface area contributed by atoms with E-state index in [-0.39, 0.29) is 5.82 Å². The van der Waals surface area contributed by atoms with Gasteiger partial charge in [-0.05, 0) is 0 Å². The fraction of sp³-hybridized carbons (Fsp3) is 0.312. The van der Waals surface area contributed by atoms with E-state index in [0.29, 0.717) is 22.6 Å². The van der Waals surface area contributed by atoms with E-state index in [2.05, 4.69) is 15.0 Å². The lowest BCUT2D eigenvalue weighted by molar-refractivity contribution is -0.0453. The van der Waals surface area contributed by atoms with Crippen molar-refractivity contribution in [3.8, 4) is 11.4 Å². The molecule has 0 bridgehead atoms. The van der Waals surface area contributed by atoms with Crippen LogP contribution in [0.1, 0.15) is 6.23 Å². The molecule has 0 saturated carbocycles. The number of aromatic nitrogens is 4. The van der Waals surface area contributed by atoms with Gasteiger partial charge in [0.2, 0.25) is 0 Å². The van der Waals surface area contributed by atoms with Crippen LogP contribution in [-0.2, 0) is 4.74 Å². The maximum atomic E-state index is 14.7. The molecule has 1 fully saturated rings. The second-order valence-corrected chi connectivity index (χ2v) is 5.79. The van der Waals surface area contributed by atoms with Crippen LogP contribution in [0.3, 0.4) is 0 Å². The molecule has 1 aliphatic rings. The highest BCUT2D eigenvalue weighted by molar-refractivity contribution is 5.85. The van der Waals surface area contributed by atoms with Gasteiger partial charge >= 0.3 is 0 Å². The molecule has 9 heteroatoms. The predicted molar refractivity (Wildman–Crippen MR) is 87.1 cm³/mol. The van der Waals surface area contributed by atoms with Crippen molar-refractivity contribution < 1.29 is 19.3 Å². The van der Waals surface area contributed by atoms with Crippen LogP contribution in [0.25, 0.3) is 22.6 Å². The Balaban J connectivity index is 1.94. The summed E-state index contributed by atoms with van der Waals surface area (Å²) in [6, 6.07) is 9.11. The van der Waals surface area contributed by atoms with Gasteiger partial charge in [0.25, 0.3) is 0 Å². The van der Waals surface area contributed by atoms with E-state index in [1.54, 1.807) is 0 Å². The van der Waals surface area contributed by atoms with Crippen LogP contribution in [0.15, 0.2) is 36.7 Å². The number of ether oxygens (including phenoxy) is 1. The second kappa shape index (κ2) is 6.03. The van der Waals surface area contributed by atoms with Crippen LogP contribution >= 0.6 is 0 Å². The molecule has 2 aromatic heterocycles. The van der Waals surface area contributed by atoms with Crippen molar-refractivity contribution in [3.05, 3.63) is 36.7 Å². The highest BCUT2D eigenvalue weighted by atomic mass is 19.1. The molecule has 4 atom stereocenters. The summed E-state index contributed by atoms with van der Waals surface area (Å²) in [5, 5.41) is 19.3. The number of hydrogen-bond donors (Lipinski definition) is 3. The normalized spacial score (nSPS) is 26.4. The fourth-order valence-corrected chi connectivity index (χ4v) is 3.02. The first-order valence-corrected chi connectivity index (χ1v) is 7.74. The van der Waals surface area contributed by atoms with Crippen LogP contribution in [0.4, 0.5) is 10.2 Å². The van der Waals surface area contributed by atoms with Crippen LogP contribution in [0.2, 0.25) is 0 Å². The molecular weight excluding hydrogens is 329 g/mol. The molecule has 0 aliphatic carbocycles. The van der Waals surface area contributed by atoms with Gasteiger partial charge in [-0.1, -0.05) is 30.3 Å². The summed E-state index contributed by atoms with van der Waals surface area (Å²) >= 11 is 0. The summed E-state index contributed by atoms with van der Waals surface area (Å²) in [5.41, 5.74) is 7.20. The lowest BCUT2D eigenvalue weighted by Gasteiger charge is -2.18. The van der Waals surface area contributed by atoms with Crippen LogP contribution in [0, 0.1) is 0 Å². The summed E-state index contributed by atoms with van der Waals surface area (Å²) in [5.74, 6) is 0.551. The van der Waals surface area contributed by atoms with Crippen LogP contribution < -0.4 is 5.73 Å². The maximum absolute atomic E-state index is 14.7. The van der Waals surface area contributed by atoms with E-state index >= 15 is 0 Å². The number of aliphatic hydroxyl groups is 2. The van der Waals surface area contributed by atoms with E-state index in [1.165, 1.54) is 10.9 Å². The van der Waals surface area contributed by atoms with Gasteiger partial charge in [0.1, 0.15) is 24.4 Å². The van der Waals surface area contributed by atoms with Crippen molar-refractivity contribution in [2.45, 2.75) is 24.6 Å². The Morgan fingerprint density at radius 1 is 1.24 bits per heavy atom. The number of halogens is 1. The van der Waals surface area contributed by atoms with Gasteiger partial charge in [-0.15, -0.1) is 0 Å². The Hall–Kier alpha value is -2.62. The minimum atomic E-state index is -1.76. The zero-order valence-electron chi connectivity index (χ0n) is 13.0. The van der Waals surface area contributed by atoms with Crippen LogP contribution in [-0.4, -0.2) is 54.7 Å². The minimum Gasteiger partial charge on any atom is -0.394 e. The molecule has 4 unspecified atom stereocenters. The number of fused-ring (bicyclic) bond motifs is 1. The molecule has 4 N–H and O–H groups in total. The van der Waals surface area contributed by atoms with Gasteiger partial charge < -0.3 is 20.7 Å². The molecule has 130 valence electrons. The largest absolute Gasteiger partial charge is 0.394 e. The molecular formula is C16H16FN5O3. The molecule has 1 aliphatic heterocycles. The van der Waals surface area contributed by atoms with Crippen molar-refractivity contribution in [1.82, 2.24) is 19.5 Å². The third-order valence-electron chi connectivity index (χ3n) is 4.27. The number of aliphatic hydroxyl groups excluding tert-OH is 2. The van der Waals surface area contributed by atoms with Crippen molar-refractivity contribution in [3.63, 3.8) is 0 Å². The molecule has 3 heterocycles. The molecule has 3 aromatic rings. The molecule has 0 spiro atoms. The molecule has 4 rings (SSSR count). The smallest absolute Gasteiger partial charge is 0.173 e. The summed E-state index contributed by atoms with van der Waals surface area (Å²) in [4.78, 5) is 12.5. The lowest BCUT2D eigenvalue weighted by Crippen LogP contribution is -2.30. The first kappa shape index (κ1) is 15.9. The number of imidazole rings is 1. The molecule has 1 aromatic carbocycles. The van der Waals surface area contributed by atoms with E-state index in [0.717, 1.165) is 0 Å². The number of benzene rings is 1. The van der Waals surface area contributed by atoms with E-state index < -0.39 is 31.2 Å².